The van der Waals surface area contributed by atoms with Crippen LogP contribution in [0.25, 0.3) is 0 Å². The molecule has 1 unspecified atom stereocenters. The second kappa shape index (κ2) is 5.74. The minimum atomic E-state index is 0.118. The van der Waals surface area contributed by atoms with Gasteiger partial charge in [0.1, 0.15) is 0 Å². The van der Waals surface area contributed by atoms with E-state index < -0.39 is 0 Å². The maximum atomic E-state index is 6.13. The molecule has 0 saturated heterocycles. The summed E-state index contributed by atoms with van der Waals surface area (Å²) in [4.78, 5) is 4.31. The summed E-state index contributed by atoms with van der Waals surface area (Å²) in [6.07, 6.45) is 4.57. The van der Waals surface area contributed by atoms with Gasteiger partial charge in [-0.05, 0) is 24.6 Å². The number of benzene rings is 1. The van der Waals surface area contributed by atoms with Crippen molar-refractivity contribution in [1.29, 1.82) is 0 Å². The molecule has 0 aliphatic carbocycles. The monoisotopic (exact) mass is 283 g/mol. The van der Waals surface area contributed by atoms with Crippen LogP contribution >= 0.6 is 23.2 Å². The Bertz CT molecular complexity index is 535. The molecule has 0 radical (unpaired) electrons. The van der Waals surface area contributed by atoms with Gasteiger partial charge in [0.05, 0.1) is 12.0 Å². The van der Waals surface area contributed by atoms with Gasteiger partial charge in [0, 0.05) is 35.2 Å². The Morgan fingerprint density at radius 3 is 2.83 bits per heavy atom. The molecule has 96 valence electrons. The van der Waals surface area contributed by atoms with Crippen LogP contribution in [0.15, 0.2) is 30.7 Å². The molecule has 1 heterocycles. The minimum absolute atomic E-state index is 0.118. The number of rotatable bonds is 4. The van der Waals surface area contributed by atoms with Gasteiger partial charge in [-0.2, -0.15) is 0 Å². The summed E-state index contributed by atoms with van der Waals surface area (Å²) in [6, 6.07) is 5.63. The molecular formula is C13H15Cl2N3. The molecule has 0 bridgehead atoms. The first kappa shape index (κ1) is 13.4. The van der Waals surface area contributed by atoms with Crippen LogP contribution in [0.4, 0.5) is 0 Å². The van der Waals surface area contributed by atoms with Crippen molar-refractivity contribution in [3.8, 4) is 0 Å². The van der Waals surface area contributed by atoms with E-state index in [0.29, 0.717) is 16.6 Å². The summed E-state index contributed by atoms with van der Waals surface area (Å²) in [5.41, 5.74) is 7.76. The number of hydrogen-bond donors (Lipinski definition) is 1. The molecule has 2 N–H and O–H groups in total. The lowest BCUT2D eigenvalue weighted by Crippen LogP contribution is -2.17. The van der Waals surface area contributed by atoms with E-state index in [0.717, 1.165) is 17.7 Å². The third-order valence-corrected chi connectivity index (χ3v) is 3.17. The van der Waals surface area contributed by atoms with Gasteiger partial charge in [-0.3, -0.25) is 0 Å². The van der Waals surface area contributed by atoms with Crippen LogP contribution < -0.4 is 5.73 Å². The van der Waals surface area contributed by atoms with E-state index >= 15 is 0 Å². The number of halogens is 2. The quantitative estimate of drug-likeness (QED) is 0.937. The fourth-order valence-corrected chi connectivity index (χ4v) is 2.24. The van der Waals surface area contributed by atoms with Crippen molar-refractivity contribution in [2.45, 2.75) is 25.9 Å². The Morgan fingerprint density at radius 2 is 2.17 bits per heavy atom. The largest absolute Gasteiger partial charge is 0.333 e. The fraction of sp³-hybridized carbons (Fsp3) is 0.308. The molecule has 0 saturated carbocycles. The number of hydrogen-bond acceptors (Lipinski definition) is 2. The van der Waals surface area contributed by atoms with Gasteiger partial charge >= 0.3 is 0 Å². The van der Waals surface area contributed by atoms with E-state index in [9.17, 15) is 0 Å². The maximum Gasteiger partial charge on any atom is 0.0952 e. The minimum Gasteiger partial charge on any atom is -0.333 e. The van der Waals surface area contributed by atoms with Crippen molar-refractivity contribution in [3.05, 3.63) is 52.0 Å². The van der Waals surface area contributed by atoms with E-state index in [-0.39, 0.29) is 6.04 Å². The van der Waals surface area contributed by atoms with Gasteiger partial charge < -0.3 is 10.3 Å². The number of imidazole rings is 1. The molecule has 5 heteroatoms. The van der Waals surface area contributed by atoms with E-state index in [1.54, 1.807) is 12.4 Å². The molecule has 2 aromatic rings. The van der Waals surface area contributed by atoms with E-state index in [1.165, 1.54) is 0 Å². The third kappa shape index (κ3) is 3.48. The number of nitrogens with two attached hydrogens (primary N) is 1. The lowest BCUT2D eigenvalue weighted by Gasteiger charge is -2.05. The van der Waals surface area contributed by atoms with Crippen LogP contribution in [0.2, 0.25) is 10.0 Å². The summed E-state index contributed by atoms with van der Waals surface area (Å²) in [5.74, 6) is 0. The van der Waals surface area contributed by atoms with Crippen LogP contribution in [0.1, 0.15) is 18.2 Å². The molecule has 3 nitrogen and oxygen atoms in total. The van der Waals surface area contributed by atoms with Gasteiger partial charge in [0.25, 0.3) is 0 Å². The van der Waals surface area contributed by atoms with Crippen LogP contribution in [-0.4, -0.2) is 15.6 Å². The first-order chi connectivity index (χ1) is 8.54. The molecule has 1 aromatic carbocycles. The Kier molecular flexibility index (Phi) is 4.27. The molecule has 0 aliphatic rings. The number of aromatic nitrogens is 2. The summed E-state index contributed by atoms with van der Waals surface area (Å²) in [6.45, 7) is 2.65. The third-order valence-electron chi connectivity index (χ3n) is 2.59. The van der Waals surface area contributed by atoms with Crippen molar-refractivity contribution in [3.63, 3.8) is 0 Å². The van der Waals surface area contributed by atoms with Crippen molar-refractivity contribution in [2.24, 2.45) is 5.73 Å². The number of nitrogens with zero attached hydrogens (tertiary/aromatic N) is 2. The Labute approximate surface area is 117 Å². The van der Waals surface area contributed by atoms with Gasteiger partial charge in [0.15, 0.2) is 0 Å². The predicted molar refractivity (Wildman–Crippen MR) is 75.1 cm³/mol. The lowest BCUT2D eigenvalue weighted by molar-refractivity contribution is 0.723. The molecule has 0 amide bonds. The summed E-state index contributed by atoms with van der Waals surface area (Å²) < 4.78 is 1.99. The average Bonchev–Trinajstić information content (AvgIpc) is 2.69. The topological polar surface area (TPSA) is 43.8 Å². The van der Waals surface area contributed by atoms with Crippen LogP contribution in [0.3, 0.4) is 0 Å². The van der Waals surface area contributed by atoms with Crippen LogP contribution in [0, 0.1) is 0 Å². The first-order valence-corrected chi connectivity index (χ1v) is 6.50. The first-order valence-electron chi connectivity index (χ1n) is 5.75. The van der Waals surface area contributed by atoms with Gasteiger partial charge in [-0.1, -0.05) is 29.3 Å². The van der Waals surface area contributed by atoms with Crippen molar-refractivity contribution >= 4 is 23.2 Å². The highest BCUT2D eigenvalue weighted by atomic mass is 35.5. The molecule has 2 rings (SSSR count). The molecule has 0 aliphatic heterocycles. The average molecular weight is 284 g/mol. The second-order valence-electron chi connectivity index (χ2n) is 4.45. The molecule has 1 aromatic heterocycles. The van der Waals surface area contributed by atoms with Gasteiger partial charge in [-0.15, -0.1) is 0 Å². The smallest absolute Gasteiger partial charge is 0.0952 e. The standard InChI is InChI=1S/C13H15Cl2N3/c1-9(16)4-12-7-18(8-17-12)6-10-2-3-11(14)5-13(10)15/h2-3,5,7-9H,4,6,16H2,1H3. The zero-order valence-electron chi connectivity index (χ0n) is 10.1. The van der Waals surface area contributed by atoms with Gasteiger partial charge in [-0.25, -0.2) is 4.98 Å². The molecular weight excluding hydrogens is 269 g/mol. The zero-order chi connectivity index (χ0) is 13.1. The lowest BCUT2D eigenvalue weighted by atomic mass is 10.2. The SMILES string of the molecule is CC(N)Cc1cn(Cc2ccc(Cl)cc2Cl)cn1. The van der Waals surface area contributed by atoms with E-state index in [1.807, 2.05) is 29.8 Å². The molecule has 0 fully saturated rings. The molecule has 0 spiro atoms. The summed E-state index contributed by atoms with van der Waals surface area (Å²) in [5, 5.41) is 1.32. The summed E-state index contributed by atoms with van der Waals surface area (Å²) in [7, 11) is 0. The van der Waals surface area contributed by atoms with Crippen molar-refractivity contribution < 1.29 is 0 Å². The van der Waals surface area contributed by atoms with Crippen molar-refractivity contribution in [2.75, 3.05) is 0 Å². The maximum absolute atomic E-state index is 6.13. The molecule has 1 atom stereocenters. The van der Waals surface area contributed by atoms with Crippen molar-refractivity contribution in [1.82, 2.24) is 9.55 Å². The zero-order valence-corrected chi connectivity index (χ0v) is 11.6. The Balaban J connectivity index is 2.11. The second-order valence-corrected chi connectivity index (χ2v) is 5.30. The van der Waals surface area contributed by atoms with Gasteiger partial charge in [0.2, 0.25) is 0 Å². The highest BCUT2D eigenvalue weighted by Gasteiger charge is 2.05. The fourth-order valence-electron chi connectivity index (χ4n) is 1.77. The molecule has 18 heavy (non-hydrogen) atoms. The summed E-state index contributed by atoms with van der Waals surface area (Å²) >= 11 is 12.0. The van der Waals surface area contributed by atoms with Crippen LogP contribution in [0.5, 0.6) is 0 Å². The predicted octanol–water partition coefficient (Wildman–Crippen LogP) is 3.13. The highest BCUT2D eigenvalue weighted by molar-refractivity contribution is 6.35. The highest BCUT2D eigenvalue weighted by Crippen LogP contribution is 2.21. The van der Waals surface area contributed by atoms with Crippen LogP contribution in [-0.2, 0) is 13.0 Å². The van der Waals surface area contributed by atoms with E-state index in [2.05, 4.69) is 4.98 Å². The van der Waals surface area contributed by atoms with E-state index in [4.69, 9.17) is 28.9 Å². The Hall–Kier alpha value is -1.03. The normalized spacial score (nSPS) is 12.7. The Morgan fingerprint density at radius 1 is 1.39 bits per heavy atom.